The highest BCUT2D eigenvalue weighted by atomic mass is 16.2. The normalized spacial score (nSPS) is 17.9. The lowest BCUT2D eigenvalue weighted by molar-refractivity contribution is -0.131. The molecular formula is C14H29N3O. The van der Waals surface area contributed by atoms with E-state index in [-0.39, 0.29) is 5.91 Å². The SMILES string of the molecule is CCCC1CCN(CC(=O)N(C)CCCN)CC1. The van der Waals surface area contributed by atoms with Crippen LogP contribution in [0.2, 0.25) is 0 Å². The molecule has 106 valence electrons. The number of carbonyl (C=O) groups is 1. The van der Waals surface area contributed by atoms with Gasteiger partial charge in [0.2, 0.25) is 5.91 Å². The van der Waals surface area contributed by atoms with Crippen molar-refractivity contribution < 1.29 is 4.79 Å². The highest BCUT2D eigenvalue weighted by Gasteiger charge is 2.21. The van der Waals surface area contributed by atoms with Gasteiger partial charge in [0.1, 0.15) is 0 Å². The lowest BCUT2D eigenvalue weighted by Gasteiger charge is -2.32. The summed E-state index contributed by atoms with van der Waals surface area (Å²) in [6, 6.07) is 0. The summed E-state index contributed by atoms with van der Waals surface area (Å²) in [6.45, 7) is 6.44. The summed E-state index contributed by atoms with van der Waals surface area (Å²) in [7, 11) is 1.88. The maximum atomic E-state index is 12.0. The second-order valence-electron chi connectivity index (χ2n) is 5.47. The average molecular weight is 255 g/mol. The van der Waals surface area contributed by atoms with Crippen LogP contribution in [0.15, 0.2) is 0 Å². The highest BCUT2D eigenvalue weighted by Crippen LogP contribution is 2.21. The maximum Gasteiger partial charge on any atom is 0.236 e. The predicted octanol–water partition coefficient (Wildman–Crippen LogP) is 1.31. The molecule has 0 aromatic rings. The van der Waals surface area contributed by atoms with Gasteiger partial charge in [0, 0.05) is 13.6 Å². The van der Waals surface area contributed by atoms with Crippen molar-refractivity contribution in [1.29, 1.82) is 0 Å². The van der Waals surface area contributed by atoms with Crippen LogP contribution in [0, 0.1) is 5.92 Å². The number of likely N-dealkylation sites (N-methyl/N-ethyl adjacent to an activating group) is 1. The molecule has 0 radical (unpaired) electrons. The molecule has 0 aromatic heterocycles. The van der Waals surface area contributed by atoms with Crippen molar-refractivity contribution in [3.05, 3.63) is 0 Å². The van der Waals surface area contributed by atoms with E-state index in [2.05, 4.69) is 11.8 Å². The van der Waals surface area contributed by atoms with Gasteiger partial charge in [-0.3, -0.25) is 9.69 Å². The second-order valence-corrected chi connectivity index (χ2v) is 5.47. The zero-order valence-corrected chi connectivity index (χ0v) is 12.0. The molecule has 0 saturated carbocycles. The molecule has 1 fully saturated rings. The number of rotatable bonds is 7. The Morgan fingerprint density at radius 3 is 2.61 bits per heavy atom. The molecule has 1 rings (SSSR count). The fraction of sp³-hybridized carbons (Fsp3) is 0.929. The summed E-state index contributed by atoms with van der Waals surface area (Å²) in [5.41, 5.74) is 5.46. The van der Waals surface area contributed by atoms with Gasteiger partial charge >= 0.3 is 0 Å². The van der Waals surface area contributed by atoms with Gasteiger partial charge in [-0.25, -0.2) is 0 Å². The Labute approximate surface area is 111 Å². The predicted molar refractivity (Wildman–Crippen MR) is 75.4 cm³/mol. The number of hydrogen-bond acceptors (Lipinski definition) is 3. The van der Waals surface area contributed by atoms with Crippen LogP contribution in [-0.2, 0) is 4.79 Å². The smallest absolute Gasteiger partial charge is 0.236 e. The largest absolute Gasteiger partial charge is 0.345 e. The minimum Gasteiger partial charge on any atom is -0.345 e. The first kappa shape index (κ1) is 15.4. The van der Waals surface area contributed by atoms with E-state index in [0.717, 1.165) is 32.0 Å². The van der Waals surface area contributed by atoms with Gasteiger partial charge in [0.25, 0.3) is 0 Å². The van der Waals surface area contributed by atoms with Crippen LogP contribution in [0.5, 0.6) is 0 Å². The van der Waals surface area contributed by atoms with Crippen LogP contribution in [0.1, 0.15) is 39.0 Å². The Balaban J connectivity index is 2.21. The molecule has 1 aliphatic rings. The van der Waals surface area contributed by atoms with Crippen molar-refractivity contribution in [1.82, 2.24) is 9.80 Å². The molecule has 0 spiro atoms. The first-order chi connectivity index (χ1) is 8.67. The standard InChI is InChI=1S/C14H29N3O/c1-3-5-13-6-10-17(11-7-13)12-14(18)16(2)9-4-8-15/h13H,3-12,15H2,1-2H3. The number of nitrogens with zero attached hydrogens (tertiary/aromatic N) is 2. The first-order valence-electron chi connectivity index (χ1n) is 7.33. The maximum absolute atomic E-state index is 12.0. The number of amides is 1. The topological polar surface area (TPSA) is 49.6 Å². The van der Waals surface area contributed by atoms with Gasteiger partial charge < -0.3 is 10.6 Å². The molecule has 1 aliphatic heterocycles. The number of carbonyl (C=O) groups excluding carboxylic acids is 1. The molecule has 0 aliphatic carbocycles. The molecule has 0 atom stereocenters. The fourth-order valence-corrected chi connectivity index (χ4v) is 2.61. The monoisotopic (exact) mass is 255 g/mol. The lowest BCUT2D eigenvalue weighted by atomic mass is 9.92. The van der Waals surface area contributed by atoms with Crippen LogP contribution in [-0.4, -0.2) is 55.5 Å². The minimum absolute atomic E-state index is 0.234. The number of likely N-dealkylation sites (tertiary alicyclic amines) is 1. The number of nitrogens with two attached hydrogens (primary N) is 1. The Morgan fingerprint density at radius 2 is 2.06 bits per heavy atom. The Kier molecular flexibility index (Phi) is 7.28. The summed E-state index contributed by atoms with van der Waals surface area (Å²) in [5.74, 6) is 1.12. The van der Waals surface area contributed by atoms with Crippen molar-refractivity contribution in [2.75, 3.05) is 39.8 Å². The van der Waals surface area contributed by atoms with Crippen LogP contribution < -0.4 is 5.73 Å². The van der Waals surface area contributed by atoms with Crippen molar-refractivity contribution in [2.45, 2.75) is 39.0 Å². The molecule has 0 aromatic carbocycles. The Hall–Kier alpha value is -0.610. The molecule has 0 bridgehead atoms. The van der Waals surface area contributed by atoms with Crippen molar-refractivity contribution in [3.8, 4) is 0 Å². The third-order valence-corrected chi connectivity index (χ3v) is 3.89. The van der Waals surface area contributed by atoms with Gasteiger partial charge in [0.05, 0.1) is 6.54 Å². The Bertz CT molecular complexity index is 237. The van der Waals surface area contributed by atoms with Crippen LogP contribution in [0.25, 0.3) is 0 Å². The summed E-state index contributed by atoms with van der Waals surface area (Å²) in [4.78, 5) is 16.1. The van der Waals surface area contributed by atoms with Gasteiger partial charge in [0.15, 0.2) is 0 Å². The van der Waals surface area contributed by atoms with E-state index in [1.54, 1.807) is 0 Å². The summed E-state index contributed by atoms with van der Waals surface area (Å²) >= 11 is 0. The Morgan fingerprint density at radius 1 is 1.39 bits per heavy atom. The van der Waals surface area contributed by atoms with Crippen molar-refractivity contribution >= 4 is 5.91 Å². The molecule has 4 nitrogen and oxygen atoms in total. The lowest BCUT2D eigenvalue weighted by Crippen LogP contribution is -2.42. The molecule has 1 saturated heterocycles. The minimum atomic E-state index is 0.234. The first-order valence-corrected chi connectivity index (χ1v) is 7.33. The van der Waals surface area contributed by atoms with Gasteiger partial charge in [-0.05, 0) is 44.8 Å². The summed E-state index contributed by atoms with van der Waals surface area (Å²) in [6.07, 6.45) is 6.03. The summed E-state index contributed by atoms with van der Waals surface area (Å²) < 4.78 is 0. The van der Waals surface area contributed by atoms with E-state index in [4.69, 9.17) is 5.73 Å². The van der Waals surface area contributed by atoms with E-state index in [1.165, 1.54) is 25.7 Å². The van der Waals surface area contributed by atoms with Crippen LogP contribution in [0.3, 0.4) is 0 Å². The molecule has 1 amide bonds. The van der Waals surface area contributed by atoms with E-state index in [9.17, 15) is 4.79 Å². The second kappa shape index (κ2) is 8.48. The van der Waals surface area contributed by atoms with E-state index in [0.29, 0.717) is 13.1 Å². The zero-order chi connectivity index (χ0) is 13.4. The van der Waals surface area contributed by atoms with Crippen molar-refractivity contribution in [3.63, 3.8) is 0 Å². The molecule has 1 heterocycles. The van der Waals surface area contributed by atoms with Crippen LogP contribution in [0.4, 0.5) is 0 Å². The molecule has 0 unspecified atom stereocenters. The average Bonchev–Trinajstić information content (AvgIpc) is 2.38. The third kappa shape index (κ3) is 5.36. The molecule has 18 heavy (non-hydrogen) atoms. The summed E-state index contributed by atoms with van der Waals surface area (Å²) in [5, 5.41) is 0. The van der Waals surface area contributed by atoms with Gasteiger partial charge in [-0.2, -0.15) is 0 Å². The van der Waals surface area contributed by atoms with Crippen LogP contribution >= 0.6 is 0 Å². The quantitative estimate of drug-likeness (QED) is 0.746. The van der Waals surface area contributed by atoms with E-state index < -0.39 is 0 Å². The molecule has 4 heteroatoms. The van der Waals surface area contributed by atoms with E-state index in [1.807, 2.05) is 11.9 Å². The van der Waals surface area contributed by atoms with Crippen molar-refractivity contribution in [2.24, 2.45) is 11.7 Å². The highest BCUT2D eigenvalue weighted by molar-refractivity contribution is 5.77. The number of piperidine rings is 1. The van der Waals surface area contributed by atoms with Gasteiger partial charge in [-0.1, -0.05) is 19.8 Å². The zero-order valence-electron chi connectivity index (χ0n) is 12.0. The van der Waals surface area contributed by atoms with Gasteiger partial charge in [-0.15, -0.1) is 0 Å². The molecular weight excluding hydrogens is 226 g/mol. The van der Waals surface area contributed by atoms with E-state index >= 15 is 0 Å². The molecule has 2 N–H and O–H groups in total. The number of hydrogen-bond donors (Lipinski definition) is 1. The fourth-order valence-electron chi connectivity index (χ4n) is 2.61. The third-order valence-electron chi connectivity index (χ3n) is 3.89.